The number of nitrogens with zero attached hydrogens (tertiary/aromatic N) is 1. The van der Waals surface area contributed by atoms with Crippen molar-refractivity contribution in [3.8, 4) is 10.6 Å². The first-order valence-electron chi connectivity index (χ1n) is 5.69. The van der Waals surface area contributed by atoms with Crippen LogP contribution in [0, 0.1) is 6.92 Å². The molecule has 3 rings (SSSR count). The Bertz CT molecular complexity index is 682. The zero-order valence-corrected chi connectivity index (χ0v) is 10.8. The average Bonchev–Trinajstić information content (AvgIpc) is 2.75. The minimum Gasteiger partial charge on any atom is -0.200 e. The second-order valence-corrected chi connectivity index (χ2v) is 5.21. The molecule has 1 nitrogen and oxygen atoms in total. The van der Waals surface area contributed by atoms with Gasteiger partial charge in [-0.15, -0.1) is 11.3 Å². The van der Waals surface area contributed by atoms with Crippen LogP contribution in [0.25, 0.3) is 21.3 Å². The van der Waals surface area contributed by atoms with Crippen molar-refractivity contribution >= 4 is 22.1 Å². The van der Waals surface area contributed by atoms with Gasteiger partial charge in [0.15, 0.2) is 6.20 Å². The fraction of sp³-hybridized carbons (Fsp3) is 0.133. The largest absolute Gasteiger partial charge is 0.230 e. The van der Waals surface area contributed by atoms with Gasteiger partial charge in [-0.3, -0.25) is 0 Å². The van der Waals surface area contributed by atoms with E-state index in [4.69, 9.17) is 0 Å². The summed E-state index contributed by atoms with van der Waals surface area (Å²) in [7, 11) is 2.11. The van der Waals surface area contributed by atoms with Crippen LogP contribution in [0.3, 0.4) is 0 Å². The van der Waals surface area contributed by atoms with E-state index in [0.717, 1.165) is 0 Å². The maximum atomic E-state index is 2.21. The van der Waals surface area contributed by atoms with Crippen LogP contribution < -0.4 is 4.57 Å². The number of aromatic nitrogens is 1. The van der Waals surface area contributed by atoms with Gasteiger partial charge in [-0.1, -0.05) is 18.2 Å². The van der Waals surface area contributed by atoms with Gasteiger partial charge in [-0.25, -0.2) is 0 Å². The summed E-state index contributed by atoms with van der Waals surface area (Å²) < 4.78 is 2.21. The molecule has 0 saturated carbocycles. The molecule has 0 aliphatic carbocycles. The molecule has 0 spiro atoms. The van der Waals surface area contributed by atoms with Crippen molar-refractivity contribution in [3.63, 3.8) is 0 Å². The van der Waals surface area contributed by atoms with E-state index >= 15 is 0 Å². The van der Waals surface area contributed by atoms with Crippen LogP contribution in [0.15, 0.2) is 48.0 Å². The Labute approximate surface area is 105 Å². The minimum absolute atomic E-state index is 1.30. The number of thiophene rings is 1. The lowest BCUT2D eigenvalue weighted by Crippen LogP contribution is -2.30. The van der Waals surface area contributed by atoms with E-state index in [-0.39, 0.29) is 0 Å². The lowest BCUT2D eigenvalue weighted by Gasteiger charge is -2.03. The molecule has 0 radical (unpaired) electrons. The molecule has 0 amide bonds. The van der Waals surface area contributed by atoms with Crippen LogP contribution in [-0.4, -0.2) is 0 Å². The predicted octanol–water partition coefficient (Wildman–Crippen LogP) is 3.70. The molecular weight excluding hydrogens is 226 g/mol. The van der Waals surface area contributed by atoms with Crippen molar-refractivity contribution in [2.75, 3.05) is 0 Å². The monoisotopic (exact) mass is 240 g/mol. The lowest BCUT2D eigenvalue weighted by atomic mass is 10.1. The summed E-state index contributed by atoms with van der Waals surface area (Å²) in [5.41, 5.74) is 2.66. The SMILES string of the molecule is Cc1ccsc1-c1c2ccccc2cc[n+]1C. The average molecular weight is 240 g/mol. The molecule has 84 valence electrons. The Morgan fingerprint density at radius 1 is 1.06 bits per heavy atom. The van der Waals surface area contributed by atoms with Crippen molar-refractivity contribution in [2.24, 2.45) is 7.05 Å². The van der Waals surface area contributed by atoms with E-state index in [1.165, 1.54) is 26.9 Å². The number of pyridine rings is 1. The van der Waals surface area contributed by atoms with Crippen LogP contribution >= 0.6 is 11.3 Å². The summed E-state index contributed by atoms with van der Waals surface area (Å²) in [5.74, 6) is 0. The third kappa shape index (κ3) is 1.65. The fourth-order valence-electron chi connectivity index (χ4n) is 2.21. The first-order valence-corrected chi connectivity index (χ1v) is 6.57. The number of aryl methyl sites for hydroxylation is 2. The summed E-state index contributed by atoms with van der Waals surface area (Å²) in [6, 6.07) is 12.9. The molecule has 0 aliphatic rings. The molecule has 0 fully saturated rings. The molecule has 0 bridgehead atoms. The zero-order valence-electron chi connectivity index (χ0n) is 9.97. The Morgan fingerprint density at radius 2 is 1.88 bits per heavy atom. The Hall–Kier alpha value is -1.67. The van der Waals surface area contributed by atoms with E-state index in [2.05, 4.69) is 66.5 Å². The van der Waals surface area contributed by atoms with Crippen molar-refractivity contribution < 1.29 is 4.57 Å². The van der Waals surface area contributed by atoms with Crippen LogP contribution in [0.1, 0.15) is 5.56 Å². The molecule has 1 aromatic carbocycles. The summed E-state index contributed by atoms with van der Waals surface area (Å²) in [6.45, 7) is 2.17. The second-order valence-electron chi connectivity index (χ2n) is 4.30. The fourth-order valence-corrected chi connectivity index (χ4v) is 3.24. The van der Waals surface area contributed by atoms with Crippen molar-refractivity contribution in [2.45, 2.75) is 6.92 Å². The molecule has 17 heavy (non-hydrogen) atoms. The van der Waals surface area contributed by atoms with Crippen LogP contribution in [0.4, 0.5) is 0 Å². The third-order valence-corrected chi connectivity index (χ3v) is 4.15. The number of fused-ring (bicyclic) bond motifs is 1. The van der Waals surface area contributed by atoms with E-state index in [9.17, 15) is 0 Å². The lowest BCUT2D eigenvalue weighted by molar-refractivity contribution is -0.659. The van der Waals surface area contributed by atoms with Gasteiger partial charge in [-0.2, -0.15) is 4.57 Å². The molecule has 0 unspecified atom stereocenters. The van der Waals surface area contributed by atoms with E-state index in [0.29, 0.717) is 0 Å². The van der Waals surface area contributed by atoms with Gasteiger partial charge in [0.05, 0.1) is 5.39 Å². The molecule has 2 heteroatoms. The van der Waals surface area contributed by atoms with Gasteiger partial charge in [0.25, 0.3) is 0 Å². The highest BCUT2D eigenvalue weighted by molar-refractivity contribution is 7.13. The third-order valence-electron chi connectivity index (χ3n) is 3.12. The summed E-state index contributed by atoms with van der Waals surface area (Å²) in [5, 5.41) is 4.78. The number of hydrogen-bond acceptors (Lipinski definition) is 1. The zero-order chi connectivity index (χ0) is 11.8. The molecule has 0 atom stereocenters. The number of rotatable bonds is 1. The van der Waals surface area contributed by atoms with Crippen molar-refractivity contribution in [1.29, 1.82) is 0 Å². The second kappa shape index (κ2) is 3.97. The van der Waals surface area contributed by atoms with Gasteiger partial charge in [-0.05, 0) is 35.4 Å². The highest BCUT2D eigenvalue weighted by atomic mass is 32.1. The molecule has 2 aromatic heterocycles. The van der Waals surface area contributed by atoms with Crippen LogP contribution in [0.2, 0.25) is 0 Å². The number of benzene rings is 1. The highest BCUT2D eigenvalue weighted by Crippen LogP contribution is 2.31. The van der Waals surface area contributed by atoms with E-state index in [1.54, 1.807) is 0 Å². The minimum atomic E-state index is 1.30. The standard InChI is InChI=1S/C15H14NS/c1-11-8-10-17-15(11)14-13-6-4-3-5-12(13)7-9-16(14)2/h3-10H,1-2H3/q+1. The first kappa shape index (κ1) is 10.5. The molecule has 2 heterocycles. The smallest absolute Gasteiger partial charge is 0.200 e. The van der Waals surface area contributed by atoms with Crippen LogP contribution in [0.5, 0.6) is 0 Å². The van der Waals surface area contributed by atoms with E-state index in [1.807, 2.05) is 11.3 Å². The molecule has 0 aliphatic heterocycles. The summed E-state index contributed by atoms with van der Waals surface area (Å²) in [6.07, 6.45) is 2.14. The van der Waals surface area contributed by atoms with Crippen LogP contribution in [-0.2, 0) is 7.05 Å². The van der Waals surface area contributed by atoms with Crippen molar-refractivity contribution in [1.82, 2.24) is 0 Å². The van der Waals surface area contributed by atoms with Gasteiger partial charge in [0, 0.05) is 6.07 Å². The van der Waals surface area contributed by atoms with Gasteiger partial charge in [0.1, 0.15) is 11.9 Å². The Morgan fingerprint density at radius 3 is 2.65 bits per heavy atom. The van der Waals surface area contributed by atoms with Gasteiger partial charge >= 0.3 is 0 Å². The molecule has 3 aromatic rings. The quantitative estimate of drug-likeness (QED) is 0.571. The van der Waals surface area contributed by atoms with Gasteiger partial charge in [0.2, 0.25) is 5.69 Å². The Kier molecular flexibility index (Phi) is 2.45. The van der Waals surface area contributed by atoms with Crippen molar-refractivity contribution in [3.05, 3.63) is 53.5 Å². The molecule has 0 saturated heterocycles. The summed E-state index contributed by atoms with van der Waals surface area (Å²) >= 11 is 1.81. The highest BCUT2D eigenvalue weighted by Gasteiger charge is 2.17. The summed E-state index contributed by atoms with van der Waals surface area (Å²) in [4.78, 5) is 1.37. The number of hydrogen-bond donors (Lipinski definition) is 0. The maximum Gasteiger partial charge on any atom is 0.230 e. The predicted molar refractivity (Wildman–Crippen MR) is 73.2 cm³/mol. The normalized spacial score (nSPS) is 10.9. The maximum absolute atomic E-state index is 2.21. The molecular formula is C15H14NS+. The topological polar surface area (TPSA) is 3.88 Å². The Balaban J connectivity index is 2.42. The molecule has 0 N–H and O–H groups in total. The van der Waals surface area contributed by atoms with E-state index < -0.39 is 0 Å². The first-order chi connectivity index (χ1) is 8.27. The van der Waals surface area contributed by atoms with Gasteiger partial charge < -0.3 is 0 Å².